The summed E-state index contributed by atoms with van der Waals surface area (Å²) in [6.45, 7) is 6.07. The zero-order valence-corrected chi connectivity index (χ0v) is 11.3. The molecule has 92 valence electrons. The Morgan fingerprint density at radius 1 is 1.59 bits per heavy atom. The molecule has 1 N–H and O–H groups in total. The molecule has 0 radical (unpaired) electrons. The van der Waals surface area contributed by atoms with E-state index in [2.05, 4.69) is 27.8 Å². The summed E-state index contributed by atoms with van der Waals surface area (Å²) in [5, 5.41) is 14.1. The molecule has 0 amide bonds. The summed E-state index contributed by atoms with van der Waals surface area (Å²) in [6, 6.07) is 3.54. The Morgan fingerprint density at radius 2 is 2.29 bits per heavy atom. The molecular weight excluding hydrogens is 284 g/mol. The molecule has 0 aliphatic carbocycles. The minimum Gasteiger partial charge on any atom is -0.379 e. The van der Waals surface area contributed by atoms with Crippen molar-refractivity contribution < 1.29 is 4.92 Å². The minimum absolute atomic E-state index is 0.137. The van der Waals surface area contributed by atoms with Crippen molar-refractivity contribution >= 4 is 27.3 Å². The molecule has 0 unspecified atom stereocenters. The number of nitro benzene ring substituents is 1. The summed E-state index contributed by atoms with van der Waals surface area (Å²) in [5.41, 5.74) is 1.35. The van der Waals surface area contributed by atoms with Gasteiger partial charge in [-0.1, -0.05) is 22.0 Å². The number of benzene rings is 1. The maximum Gasteiger partial charge on any atom is 0.296 e. The van der Waals surface area contributed by atoms with Gasteiger partial charge in [-0.05, 0) is 31.9 Å². The van der Waals surface area contributed by atoms with Gasteiger partial charge in [0.2, 0.25) is 0 Å². The number of nitrogens with one attached hydrogen (secondary N) is 1. The Kier molecular flexibility index (Phi) is 5.15. The molecule has 0 aromatic heterocycles. The molecule has 1 rings (SSSR count). The third-order valence-corrected chi connectivity index (χ3v) is 3.31. The van der Waals surface area contributed by atoms with Crippen molar-refractivity contribution in [3.8, 4) is 0 Å². The smallest absolute Gasteiger partial charge is 0.296 e. The third kappa shape index (κ3) is 3.56. The summed E-state index contributed by atoms with van der Waals surface area (Å²) < 4.78 is 0.751. The third-order valence-electron chi connectivity index (χ3n) is 2.45. The first kappa shape index (κ1) is 13.7. The van der Waals surface area contributed by atoms with Gasteiger partial charge in [-0.15, -0.1) is 6.58 Å². The monoisotopic (exact) mass is 298 g/mol. The number of anilines is 1. The molecule has 0 saturated heterocycles. The van der Waals surface area contributed by atoms with Crippen molar-refractivity contribution in [3.63, 3.8) is 0 Å². The second-order valence-corrected chi connectivity index (χ2v) is 4.54. The predicted molar refractivity (Wildman–Crippen MR) is 73.5 cm³/mol. The SMILES string of the molecule is C=CCCCNc1ccc(Br)c(C)c1[N+](=O)[O-]. The highest BCUT2D eigenvalue weighted by Crippen LogP contribution is 2.33. The lowest BCUT2D eigenvalue weighted by Crippen LogP contribution is -2.05. The first-order valence-corrected chi connectivity index (χ1v) is 6.15. The number of hydrogen-bond donors (Lipinski definition) is 1. The van der Waals surface area contributed by atoms with E-state index in [-0.39, 0.29) is 10.6 Å². The fourth-order valence-electron chi connectivity index (χ4n) is 1.52. The van der Waals surface area contributed by atoms with E-state index in [0.717, 1.165) is 17.3 Å². The summed E-state index contributed by atoms with van der Waals surface area (Å²) in [4.78, 5) is 10.7. The van der Waals surface area contributed by atoms with Gasteiger partial charge in [0.1, 0.15) is 5.69 Å². The van der Waals surface area contributed by atoms with Crippen LogP contribution in [-0.4, -0.2) is 11.5 Å². The van der Waals surface area contributed by atoms with Crippen LogP contribution in [0.1, 0.15) is 18.4 Å². The molecule has 1 aromatic carbocycles. The van der Waals surface area contributed by atoms with Crippen molar-refractivity contribution in [3.05, 3.63) is 44.9 Å². The summed E-state index contributed by atoms with van der Waals surface area (Å²) in [5.74, 6) is 0. The highest BCUT2D eigenvalue weighted by atomic mass is 79.9. The number of nitrogens with zero attached hydrogens (tertiary/aromatic N) is 1. The van der Waals surface area contributed by atoms with Crippen LogP contribution in [0.15, 0.2) is 29.3 Å². The van der Waals surface area contributed by atoms with Crippen LogP contribution in [0.3, 0.4) is 0 Å². The van der Waals surface area contributed by atoms with Gasteiger partial charge < -0.3 is 5.32 Å². The van der Waals surface area contributed by atoms with Gasteiger partial charge in [-0.3, -0.25) is 10.1 Å². The summed E-state index contributed by atoms with van der Waals surface area (Å²) >= 11 is 3.30. The molecule has 1 aromatic rings. The van der Waals surface area contributed by atoms with E-state index in [1.807, 2.05) is 12.1 Å². The van der Waals surface area contributed by atoms with Crippen molar-refractivity contribution in [2.45, 2.75) is 19.8 Å². The van der Waals surface area contributed by atoms with Gasteiger partial charge in [0.15, 0.2) is 0 Å². The maximum absolute atomic E-state index is 11.0. The minimum atomic E-state index is -0.351. The van der Waals surface area contributed by atoms with Crippen LogP contribution in [0.5, 0.6) is 0 Å². The molecule has 0 aliphatic heterocycles. The van der Waals surface area contributed by atoms with Crippen LogP contribution in [-0.2, 0) is 0 Å². The molecular formula is C12H15BrN2O2. The number of hydrogen-bond acceptors (Lipinski definition) is 3. The standard InChI is InChI=1S/C12H15BrN2O2/c1-3-4-5-8-14-11-7-6-10(13)9(2)12(11)15(16)17/h3,6-7,14H,1,4-5,8H2,2H3. The Bertz CT molecular complexity index is 433. The molecule has 0 spiro atoms. The van der Waals surface area contributed by atoms with Crippen LogP contribution in [0.25, 0.3) is 0 Å². The highest BCUT2D eigenvalue weighted by Gasteiger charge is 2.18. The average Bonchev–Trinajstić information content (AvgIpc) is 2.28. The fourth-order valence-corrected chi connectivity index (χ4v) is 1.84. The molecule has 0 aliphatic rings. The van der Waals surface area contributed by atoms with E-state index in [0.29, 0.717) is 17.8 Å². The largest absolute Gasteiger partial charge is 0.379 e. The number of halogens is 1. The Labute approximate surface area is 109 Å². The van der Waals surface area contributed by atoms with Crippen molar-refractivity contribution in [1.82, 2.24) is 0 Å². The van der Waals surface area contributed by atoms with Gasteiger partial charge in [-0.25, -0.2) is 0 Å². The lowest BCUT2D eigenvalue weighted by Gasteiger charge is -2.09. The van der Waals surface area contributed by atoms with E-state index in [1.54, 1.807) is 13.0 Å². The molecule has 17 heavy (non-hydrogen) atoms. The van der Waals surface area contributed by atoms with Gasteiger partial charge in [-0.2, -0.15) is 0 Å². The molecule has 0 saturated carbocycles. The van der Waals surface area contributed by atoms with Crippen molar-refractivity contribution in [1.29, 1.82) is 0 Å². The van der Waals surface area contributed by atoms with Gasteiger partial charge in [0.05, 0.1) is 4.92 Å². The first-order chi connectivity index (χ1) is 8.07. The van der Waals surface area contributed by atoms with E-state index < -0.39 is 0 Å². The second kappa shape index (κ2) is 6.39. The summed E-state index contributed by atoms with van der Waals surface area (Å²) in [7, 11) is 0. The maximum atomic E-state index is 11.0. The highest BCUT2D eigenvalue weighted by molar-refractivity contribution is 9.10. The van der Waals surface area contributed by atoms with E-state index in [1.165, 1.54) is 0 Å². The first-order valence-electron chi connectivity index (χ1n) is 5.36. The number of unbranched alkanes of at least 4 members (excludes halogenated alkanes) is 1. The van der Waals surface area contributed by atoms with Gasteiger partial charge in [0, 0.05) is 16.6 Å². The van der Waals surface area contributed by atoms with Gasteiger partial charge >= 0.3 is 0 Å². The second-order valence-electron chi connectivity index (χ2n) is 3.68. The quantitative estimate of drug-likeness (QED) is 0.373. The van der Waals surface area contributed by atoms with Crippen molar-refractivity contribution in [2.75, 3.05) is 11.9 Å². The average molecular weight is 299 g/mol. The molecule has 0 fully saturated rings. The topological polar surface area (TPSA) is 55.2 Å². The fraction of sp³-hybridized carbons (Fsp3) is 0.333. The van der Waals surface area contributed by atoms with Crippen LogP contribution in [0.4, 0.5) is 11.4 Å². The molecule has 0 bridgehead atoms. The zero-order valence-electron chi connectivity index (χ0n) is 9.70. The normalized spacial score (nSPS) is 10.0. The molecule has 0 atom stereocenters. The van der Waals surface area contributed by atoms with Crippen LogP contribution in [0, 0.1) is 17.0 Å². The van der Waals surface area contributed by atoms with Gasteiger partial charge in [0.25, 0.3) is 5.69 Å². The number of allylic oxidation sites excluding steroid dienone is 1. The zero-order chi connectivity index (χ0) is 12.8. The predicted octanol–water partition coefficient (Wildman–Crippen LogP) is 4.04. The molecule has 5 heteroatoms. The van der Waals surface area contributed by atoms with Crippen LogP contribution >= 0.6 is 15.9 Å². The van der Waals surface area contributed by atoms with E-state index in [9.17, 15) is 10.1 Å². The number of rotatable bonds is 6. The van der Waals surface area contributed by atoms with E-state index in [4.69, 9.17) is 0 Å². The summed E-state index contributed by atoms with van der Waals surface area (Å²) in [6.07, 6.45) is 3.65. The Hall–Kier alpha value is -1.36. The number of nitro groups is 1. The lowest BCUT2D eigenvalue weighted by atomic mass is 10.1. The van der Waals surface area contributed by atoms with Crippen molar-refractivity contribution in [2.24, 2.45) is 0 Å². The Morgan fingerprint density at radius 3 is 2.88 bits per heavy atom. The Balaban J connectivity index is 2.87. The molecule has 4 nitrogen and oxygen atoms in total. The van der Waals surface area contributed by atoms with Crippen LogP contribution < -0.4 is 5.32 Å². The van der Waals surface area contributed by atoms with E-state index >= 15 is 0 Å². The lowest BCUT2D eigenvalue weighted by molar-refractivity contribution is -0.384. The van der Waals surface area contributed by atoms with Crippen LogP contribution in [0.2, 0.25) is 0 Å². The molecule has 0 heterocycles.